The Morgan fingerprint density at radius 3 is 2.00 bits per heavy atom. The van der Waals surface area contributed by atoms with Crippen LogP contribution < -0.4 is 0 Å². The smallest absolute Gasteiger partial charge is 0.304 e. The molecule has 2 rings (SSSR count). The van der Waals surface area contributed by atoms with Gasteiger partial charge in [0.2, 0.25) is 0 Å². The summed E-state index contributed by atoms with van der Waals surface area (Å²) < 4.78 is 0. The first-order valence-corrected chi connectivity index (χ1v) is 7.86. The molecule has 0 bridgehead atoms. The number of ketones is 2. The lowest BCUT2D eigenvalue weighted by atomic mass is 9.70. The molecule has 4 nitrogen and oxygen atoms in total. The minimum absolute atomic E-state index is 0.203. The molecule has 4 heteroatoms. The fourth-order valence-electron chi connectivity index (χ4n) is 3.29. The maximum absolute atomic E-state index is 12.9. The Kier molecular flexibility index (Phi) is 4.61. The van der Waals surface area contributed by atoms with Gasteiger partial charge in [0.25, 0.3) is 0 Å². The zero-order valence-corrected chi connectivity index (χ0v) is 14.7. The van der Waals surface area contributed by atoms with Crippen molar-refractivity contribution in [3.8, 4) is 0 Å². The summed E-state index contributed by atoms with van der Waals surface area (Å²) in [5, 5.41) is 9.11. The van der Waals surface area contributed by atoms with Crippen molar-refractivity contribution in [3.63, 3.8) is 0 Å². The van der Waals surface area contributed by atoms with Gasteiger partial charge in [-0.05, 0) is 26.3 Å². The van der Waals surface area contributed by atoms with Crippen molar-refractivity contribution in [2.75, 3.05) is 0 Å². The Hall–Kier alpha value is -2.49. The van der Waals surface area contributed by atoms with E-state index in [-0.39, 0.29) is 18.0 Å². The second-order valence-corrected chi connectivity index (χ2v) is 6.98. The minimum atomic E-state index is -0.994. The number of Topliss-reactive ketones (excluding diaryl/α,β-unsaturated/α-hetero) is 2. The van der Waals surface area contributed by atoms with E-state index in [1.807, 2.05) is 31.2 Å². The SMILES string of the molecule is CC1=C(c2ccc(C)cc2)C(=O)C(C)=C(C(C)(C)CC(=O)O)C1=O. The molecule has 0 amide bonds. The molecule has 0 fully saturated rings. The van der Waals surface area contributed by atoms with Crippen LogP contribution in [0.1, 0.15) is 45.2 Å². The molecular formula is C20H22O4. The molecule has 24 heavy (non-hydrogen) atoms. The number of rotatable bonds is 4. The maximum Gasteiger partial charge on any atom is 0.304 e. The molecule has 1 aliphatic carbocycles. The molecule has 0 saturated carbocycles. The predicted octanol–water partition coefficient (Wildman–Crippen LogP) is 3.74. The summed E-state index contributed by atoms with van der Waals surface area (Å²) in [6, 6.07) is 7.46. The number of aliphatic carboxylic acids is 1. The highest BCUT2D eigenvalue weighted by atomic mass is 16.4. The van der Waals surface area contributed by atoms with Crippen molar-refractivity contribution in [2.45, 2.75) is 41.0 Å². The molecule has 0 saturated heterocycles. The highest BCUT2D eigenvalue weighted by Crippen LogP contribution is 2.40. The Morgan fingerprint density at radius 2 is 1.50 bits per heavy atom. The quantitative estimate of drug-likeness (QED) is 0.856. The Labute approximate surface area is 141 Å². The number of carboxylic acids is 1. The fraction of sp³-hybridized carbons (Fsp3) is 0.350. The van der Waals surface area contributed by atoms with Crippen LogP contribution in [0.4, 0.5) is 0 Å². The van der Waals surface area contributed by atoms with E-state index in [1.54, 1.807) is 27.7 Å². The molecular weight excluding hydrogens is 304 g/mol. The van der Waals surface area contributed by atoms with E-state index >= 15 is 0 Å². The number of allylic oxidation sites excluding steroid dienone is 4. The van der Waals surface area contributed by atoms with E-state index in [4.69, 9.17) is 5.11 Å². The van der Waals surface area contributed by atoms with Gasteiger partial charge in [-0.1, -0.05) is 43.7 Å². The standard InChI is InChI=1S/C20H22O4/c1-11-6-8-14(9-7-11)16-12(2)19(24)17(13(3)18(16)23)20(4,5)10-15(21)22/h6-9H,10H2,1-5H3,(H,21,22). The molecule has 1 N–H and O–H groups in total. The first-order chi connectivity index (χ1) is 11.1. The van der Waals surface area contributed by atoms with Gasteiger partial charge in [0.05, 0.1) is 6.42 Å². The van der Waals surface area contributed by atoms with Gasteiger partial charge >= 0.3 is 5.97 Å². The van der Waals surface area contributed by atoms with E-state index in [0.717, 1.165) is 5.56 Å². The van der Waals surface area contributed by atoms with Crippen LogP contribution in [-0.4, -0.2) is 22.6 Å². The molecule has 1 aromatic carbocycles. The monoisotopic (exact) mass is 326 g/mol. The van der Waals surface area contributed by atoms with Gasteiger partial charge in [-0.3, -0.25) is 14.4 Å². The van der Waals surface area contributed by atoms with Crippen molar-refractivity contribution in [1.82, 2.24) is 0 Å². The van der Waals surface area contributed by atoms with Crippen LogP contribution in [0.3, 0.4) is 0 Å². The summed E-state index contributed by atoms with van der Waals surface area (Å²) in [6.07, 6.45) is -0.203. The Balaban J connectivity index is 2.57. The van der Waals surface area contributed by atoms with Crippen LogP contribution in [0.2, 0.25) is 0 Å². The molecule has 0 radical (unpaired) electrons. The van der Waals surface area contributed by atoms with E-state index in [9.17, 15) is 14.4 Å². The van der Waals surface area contributed by atoms with Crippen LogP contribution in [0.15, 0.2) is 41.0 Å². The summed E-state index contributed by atoms with van der Waals surface area (Å²) in [4.78, 5) is 36.9. The Morgan fingerprint density at radius 1 is 0.958 bits per heavy atom. The normalized spacial score (nSPS) is 16.0. The summed E-state index contributed by atoms with van der Waals surface area (Å²) in [5.74, 6) is -1.44. The van der Waals surface area contributed by atoms with Crippen molar-refractivity contribution >= 4 is 23.1 Å². The van der Waals surface area contributed by atoms with Gasteiger partial charge < -0.3 is 5.11 Å². The first kappa shape index (κ1) is 17.9. The van der Waals surface area contributed by atoms with Gasteiger partial charge in [0.15, 0.2) is 11.6 Å². The summed E-state index contributed by atoms with van der Waals surface area (Å²) in [5.41, 5.74) is 2.32. The third-order valence-electron chi connectivity index (χ3n) is 4.50. The zero-order valence-electron chi connectivity index (χ0n) is 14.7. The van der Waals surface area contributed by atoms with Gasteiger partial charge in [-0.2, -0.15) is 0 Å². The average Bonchev–Trinajstić information content (AvgIpc) is 2.46. The van der Waals surface area contributed by atoms with Crippen LogP contribution in [0.25, 0.3) is 5.57 Å². The van der Waals surface area contributed by atoms with Crippen LogP contribution in [0.5, 0.6) is 0 Å². The number of hydrogen-bond acceptors (Lipinski definition) is 3. The van der Waals surface area contributed by atoms with Crippen LogP contribution >= 0.6 is 0 Å². The van der Waals surface area contributed by atoms with Gasteiger partial charge in [-0.25, -0.2) is 0 Å². The van der Waals surface area contributed by atoms with E-state index in [0.29, 0.717) is 27.9 Å². The molecule has 126 valence electrons. The van der Waals surface area contributed by atoms with E-state index in [2.05, 4.69) is 0 Å². The van der Waals surface area contributed by atoms with Crippen molar-refractivity contribution in [3.05, 3.63) is 52.1 Å². The lowest BCUT2D eigenvalue weighted by Gasteiger charge is -2.31. The Bertz CT molecular complexity index is 789. The van der Waals surface area contributed by atoms with Crippen LogP contribution in [0, 0.1) is 12.3 Å². The largest absolute Gasteiger partial charge is 0.481 e. The van der Waals surface area contributed by atoms with E-state index < -0.39 is 11.4 Å². The number of benzene rings is 1. The summed E-state index contributed by atoms with van der Waals surface area (Å²) in [7, 11) is 0. The maximum atomic E-state index is 12.9. The number of carbonyl (C=O) groups excluding carboxylic acids is 2. The number of hydrogen-bond donors (Lipinski definition) is 1. The van der Waals surface area contributed by atoms with Gasteiger partial charge in [0.1, 0.15) is 0 Å². The van der Waals surface area contributed by atoms with Crippen molar-refractivity contribution < 1.29 is 19.5 Å². The van der Waals surface area contributed by atoms with Crippen molar-refractivity contribution in [1.29, 1.82) is 0 Å². The summed E-state index contributed by atoms with van der Waals surface area (Å²) in [6.45, 7) is 8.58. The van der Waals surface area contributed by atoms with Gasteiger partial charge in [0, 0.05) is 27.7 Å². The number of carboxylic acid groups (broad SMARTS) is 1. The third-order valence-corrected chi connectivity index (χ3v) is 4.50. The molecule has 1 aliphatic rings. The van der Waals surface area contributed by atoms with Crippen LogP contribution in [-0.2, 0) is 14.4 Å². The third kappa shape index (κ3) is 3.09. The highest BCUT2D eigenvalue weighted by molar-refractivity contribution is 6.39. The zero-order chi connectivity index (χ0) is 18.2. The minimum Gasteiger partial charge on any atom is -0.481 e. The fourth-order valence-corrected chi connectivity index (χ4v) is 3.29. The second-order valence-electron chi connectivity index (χ2n) is 6.98. The molecule has 0 heterocycles. The van der Waals surface area contributed by atoms with E-state index in [1.165, 1.54) is 0 Å². The van der Waals surface area contributed by atoms with Crippen molar-refractivity contribution in [2.24, 2.45) is 5.41 Å². The molecule has 1 aromatic rings. The molecule has 0 aliphatic heterocycles. The molecule has 0 unspecified atom stereocenters. The molecule has 0 aromatic heterocycles. The average molecular weight is 326 g/mol. The highest BCUT2D eigenvalue weighted by Gasteiger charge is 2.39. The summed E-state index contributed by atoms with van der Waals surface area (Å²) >= 11 is 0. The number of carbonyl (C=O) groups is 3. The first-order valence-electron chi connectivity index (χ1n) is 7.86. The van der Waals surface area contributed by atoms with Gasteiger partial charge in [-0.15, -0.1) is 0 Å². The lowest BCUT2D eigenvalue weighted by Crippen LogP contribution is -2.31. The predicted molar refractivity (Wildman–Crippen MR) is 92.5 cm³/mol. The second kappa shape index (κ2) is 6.19. The topological polar surface area (TPSA) is 71.4 Å². The molecule has 0 atom stereocenters. The lowest BCUT2D eigenvalue weighted by molar-refractivity contribution is -0.138. The molecule has 0 spiro atoms. The number of aryl methyl sites for hydroxylation is 1.